The van der Waals surface area contributed by atoms with E-state index in [0.29, 0.717) is 5.92 Å². The fourth-order valence-electron chi connectivity index (χ4n) is 1.31. The molecule has 1 aliphatic carbocycles. The summed E-state index contributed by atoms with van der Waals surface area (Å²) in [5, 5.41) is 10.8. The number of H-pyrrole nitrogens is 1. The van der Waals surface area contributed by atoms with Crippen molar-refractivity contribution in [2.45, 2.75) is 45.2 Å². The molecule has 2 N–H and O–H groups in total. The Morgan fingerprint density at radius 2 is 2.38 bits per heavy atom. The van der Waals surface area contributed by atoms with Gasteiger partial charge in [0.25, 0.3) is 0 Å². The number of hydrogen-bond donors (Lipinski definition) is 2. The van der Waals surface area contributed by atoms with Crippen molar-refractivity contribution in [1.29, 1.82) is 0 Å². The second kappa shape index (κ2) is 3.50. The third kappa shape index (κ3) is 2.31. The molecule has 1 aromatic heterocycles. The van der Waals surface area contributed by atoms with Crippen LogP contribution in [0.2, 0.25) is 0 Å². The summed E-state index contributed by atoms with van der Waals surface area (Å²) in [6.45, 7) is 5.26. The molecule has 1 heterocycles. The van der Waals surface area contributed by atoms with Crippen LogP contribution in [0.3, 0.4) is 0 Å². The zero-order valence-electron chi connectivity index (χ0n) is 8.30. The van der Waals surface area contributed by atoms with Gasteiger partial charge in [-0.25, -0.2) is 0 Å². The first-order chi connectivity index (χ1) is 6.25. The highest BCUT2D eigenvalue weighted by Crippen LogP contribution is 2.19. The molecule has 0 unspecified atom stereocenters. The summed E-state index contributed by atoms with van der Waals surface area (Å²) in [6, 6.07) is 2.92. The van der Waals surface area contributed by atoms with E-state index >= 15 is 0 Å². The highest BCUT2D eigenvalue weighted by Gasteiger charge is 2.20. The van der Waals surface area contributed by atoms with Gasteiger partial charge >= 0.3 is 0 Å². The summed E-state index contributed by atoms with van der Waals surface area (Å²) in [5.41, 5.74) is 2.36. The Hall–Kier alpha value is -0.830. The van der Waals surface area contributed by atoms with Crippen LogP contribution in [-0.2, 0) is 6.54 Å². The molecule has 1 fully saturated rings. The van der Waals surface area contributed by atoms with E-state index in [4.69, 9.17) is 0 Å². The maximum atomic E-state index is 4.25. The van der Waals surface area contributed by atoms with Gasteiger partial charge in [0.15, 0.2) is 0 Å². The van der Waals surface area contributed by atoms with E-state index in [0.717, 1.165) is 18.3 Å². The molecule has 1 saturated carbocycles. The van der Waals surface area contributed by atoms with Crippen molar-refractivity contribution in [3.63, 3.8) is 0 Å². The van der Waals surface area contributed by atoms with Gasteiger partial charge in [0.1, 0.15) is 0 Å². The van der Waals surface area contributed by atoms with Crippen molar-refractivity contribution in [3.8, 4) is 0 Å². The lowest BCUT2D eigenvalue weighted by molar-refractivity contribution is 0.672. The molecule has 13 heavy (non-hydrogen) atoms. The van der Waals surface area contributed by atoms with E-state index in [-0.39, 0.29) is 0 Å². The number of aromatic amines is 1. The van der Waals surface area contributed by atoms with Crippen molar-refractivity contribution in [3.05, 3.63) is 17.5 Å². The van der Waals surface area contributed by atoms with Gasteiger partial charge in [-0.3, -0.25) is 5.10 Å². The SMILES string of the molecule is CC(C)c1cc(CNC2CC2)[nH]n1. The lowest BCUT2D eigenvalue weighted by atomic mass is 10.1. The molecule has 3 heteroatoms. The smallest absolute Gasteiger partial charge is 0.0650 e. The van der Waals surface area contributed by atoms with Crippen LogP contribution in [-0.4, -0.2) is 16.2 Å². The quantitative estimate of drug-likeness (QED) is 0.739. The summed E-state index contributed by atoms with van der Waals surface area (Å²) in [6.07, 6.45) is 2.68. The van der Waals surface area contributed by atoms with Crippen LogP contribution in [0.25, 0.3) is 0 Å². The Bertz CT molecular complexity index is 273. The van der Waals surface area contributed by atoms with Gasteiger partial charge < -0.3 is 5.32 Å². The first kappa shape index (κ1) is 8.75. The van der Waals surface area contributed by atoms with Crippen molar-refractivity contribution >= 4 is 0 Å². The number of nitrogens with zero attached hydrogens (tertiary/aromatic N) is 1. The molecule has 0 spiro atoms. The maximum absolute atomic E-state index is 4.25. The average molecular weight is 179 g/mol. The fourth-order valence-corrected chi connectivity index (χ4v) is 1.31. The van der Waals surface area contributed by atoms with Gasteiger partial charge in [0.2, 0.25) is 0 Å². The molecule has 72 valence electrons. The van der Waals surface area contributed by atoms with Crippen LogP contribution in [0.1, 0.15) is 44.0 Å². The molecule has 2 rings (SSSR count). The summed E-state index contributed by atoms with van der Waals surface area (Å²) < 4.78 is 0. The standard InChI is InChI=1S/C10H17N3/c1-7(2)10-5-9(12-13-10)6-11-8-3-4-8/h5,7-8,11H,3-4,6H2,1-2H3,(H,12,13). The Morgan fingerprint density at radius 1 is 1.62 bits per heavy atom. The van der Waals surface area contributed by atoms with Crippen LogP contribution < -0.4 is 5.32 Å². The van der Waals surface area contributed by atoms with E-state index in [1.807, 2.05) is 0 Å². The molecule has 0 radical (unpaired) electrons. The lowest BCUT2D eigenvalue weighted by Gasteiger charge is -1.98. The van der Waals surface area contributed by atoms with Crippen LogP contribution in [0, 0.1) is 0 Å². The van der Waals surface area contributed by atoms with Crippen LogP contribution >= 0.6 is 0 Å². The molecular formula is C10H17N3. The van der Waals surface area contributed by atoms with Crippen molar-refractivity contribution in [2.75, 3.05) is 0 Å². The second-order valence-electron chi connectivity index (χ2n) is 4.13. The minimum Gasteiger partial charge on any atom is -0.308 e. The van der Waals surface area contributed by atoms with E-state index in [2.05, 4.69) is 35.4 Å². The normalized spacial score (nSPS) is 16.8. The van der Waals surface area contributed by atoms with Gasteiger partial charge in [0, 0.05) is 18.3 Å². The summed E-state index contributed by atoms with van der Waals surface area (Å²) in [5.74, 6) is 0.519. The van der Waals surface area contributed by atoms with Gasteiger partial charge in [-0.2, -0.15) is 5.10 Å². The predicted octanol–water partition coefficient (Wildman–Crippen LogP) is 1.79. The van der Waals surface area contributed by atoms with Crippen LogP contribution in [0.4, 0.5) is 0 Å². The van der Waals surface area contributed by atoms with Crippen molar-refractivity contribution < 1.29 is 0 Å². The highest BCUT2D eigenvalue weighted by atomic mass is 15.1. The van der Waals surface area contributed by atoms with Gasteiger partial charge in [-0.15, -0.1) is 0 Å². The van der Waals surface area contributed by atoms with Crippen molar-refractivity contribution in [2.24, 2.45) is 0 Å². The Kier molecular flexibility index (Phi) is 2.36. The first-order valence-electron chi connectivity index (χ1n) is 5.03. The lowest BCUT2D eigenvalue weighted by Crippen LogP contribution is -2.15. The Labute approximate surface area is 78.9 Å². The highest BCUT2D eigenvalue weighted by molar-refractivity contribution is 5.11. The average Bonchev–Trinajstić information content (AvgIpc) is 2.79. The minimum atomic E-state index is 0.519. The second-order valence-corrected chi connectivity index (χ2v) is 4.13. The molecule has 1 aliphatic rings. The number of aromatic nitrogens is 2. The molecule has 0 aromatic carbocycles. The van der Waals surface area contributed by atoms with Crippen molar-refractivity contribution in [1.82, 2.24) is 15.5 Å². The minimum absolute atomic E-state index is 0.519. The third-order valence-corrected chi connectivity index (χ3v) is 2.40. The Morgan fingerprint density at radius 3 is 2.92 bits per heavy atom. The summed E-state index contributed by atoms with van der Waals surface area (Å²) in [4.78, 5) is 0. The molecule has 0 aliphatic heterocycles. The maximum Gasteiger partial charge on any atom is 0.0650 e. The molecule has 3 nitrogen and oxygen atoms in total. The largest absolute Gasteiger partial charge is 0.308 e. The fraction of sp³-hybridized carbons (Fsp3) is 0.700. The molecule has 0 amide bonds. The van der Waals surface area contributed by atoms with E-state index in [9.17, 15) is 0 Å². The molecule has 1 aromatic rings. The van der Waals surface area contributed by atoms with Gasteiger partial charge in [-0.1, -0.05) is 13.8 Å². The van der Waals surface area contributed by atoms with E-state index in [1.165, 1.54) is 18.5 Å². The predicted molar refractivity (Wildman–Crippen MR) is 52.5 cm³/mol. The zero-order chi connectivity index (χ0) is 9.26. The van der Waals surface area contributed by atoms with E-state index in [1.54, 1.807) is 0 Å². The third-order valence-electron chi connectivity index (χ3n) is 2.40. The number of hydrogen-bond acceptors (Lipinski definition) is 2. The summed E-state index contributed by atoms with van der Waals surface area (Å²) in [7, 11) is 0. The zero-order valence-corrected chi connectivity index (χ0v) is 8.30. The van der Waals surface area contributed by atoms with E-state index < -0.39 is 0 Å². The van der Waals surface area contributed by atoms with Crippen LogP contribution in [0.5, 0.6) is 0 Å². The molecule has 0 saturated heterocycles. The monoisotopic (exact) mass is 179 g/mol. The van der Waals surface area contributed by atoms with Gasteiger partial charge in [0.05, 0.1) is 5.69 Å². The molecule has 0 bridgehead atoms. The molecule has 0 atom stereocenters. The molecular weight excluding hydrogens is 162 g/mol. The summed E-state index contributed by atoms with van der Waals surface area (Å²) >= 11 is 0. The number of nitrogens with one attached hydrogen (secondary N) is 2. The Balaban J connectivity index is 1.88. The number of rotatable bonds is 4. The topological polar surface area (TPSA) is 40.7 Å². The van der Waals surface area contributed by atoms with Crippen LogP contribution in [0.15, 0.2) is 6.07 Å². The van der Waals surface area contributed by atoms with Gasteiger partial charge in [-0.05, 0) is 24.8 Å². The first-order valence-corrected chi connectivity index (χ1v) is 5.03.